The van der Waals surface area contributed by atoms with Crippen molar-refractivity contribution < 1.29 is 0 Å². The molecule has 1 unspecified atom stereocenters. The van der Waals surface area contributed by atoms with Crippen LogP contribution in [0, 0.1) is 5.41 Å². The molecule has 0 fully saturated rings. The van der Waals surface area contributed by atoms with Crippen molar-refractivity contribution in [2.75, 3.05) is 0 Å². The van der Waals surface area contributed by atoms with Gasteiger partial charge in [0.2, 0.25) is 0 Å². The summed E-state index contributed by atoms with van der Waals surface area (Å²) in [5.41, 5.74) is 8.62. The largest absolute Gasteiger partial charge is 0.343 e. The van der Waals surface area contributed by atoms with Crippen molar-refractivity contribution in [2.45, 2.75) is 40.2 Å². The van der Waals surface area contributed by atoms with Gasteiger partial charge in [0, 0.05) is 18.0 Å². The number of fused-ring (bicyclic) bond motifs is 3. The van der Waals surface area contributed by atoms with E-state index in [0.29, 0.717) is 6.04 Å². The predicted molar refractivity (Wildman–Crippen MR) is 102 cm³/mol. The molecule has 1 aromatic rings. The first kappa shape index (κ1) is 15.3. The average Bonchev–Trinajstić information content (AvgIpc) is 2.54. The highest BCUT2D eigenvalue weighted by Gasteiger charge is 2.33. The molecule has 1 aromatic carbocycles. The highest BCUT2D eigenvalue weighted by Crippen LogP contribution is 2.44. The fourth-order valence-corrected chi connectivity index (χ4v) is 4.27. The van der Waals surface area contributed by atoms with E-state index in [4.69, 9.17) is 0 Å². The van der Waals surface area contributed by atoms with Crippen LogP contribution in [0.5, 0.6) is 0 Å². The standard InChI is InChI=1S/C23H25N/c1-16-12-22-20-14-23(3,4)13-17(2)19(20)10-11-24(22)15-21(16)18-8-6-5-7-9-18/h5-12,14-15,22H,13H2,1-4H3. The van der Waals surface area contributed by atoms with Crippen LogP contribution >= 0.6 is 0 Å². The molecule has 24 heavy (non-hydrogen) atoms. The van der Waals surface area contributed by atoms with E-state index in [2.05, 4.69) is 93.6 Å². The minimum atomic E-state index is 0.241. The van der Waals surface area contributed by atoms with Crippen LogP contribution in [0.15, 0.2) is 83.3 Å². The zero-order valence-corrected chi connectivity index (χ0v) is 15.0. The van der Waals surface area contributed by atoms with Crippen LogP contribution in [0.1, 0.15) is 39.7 Å². The number of allylic oxidation sites excluding steroid dienone is 5. The van der Waals surface area contributed by atoms with E-state index in [9.17, 15) is 0 Å². The number of nitrogens with zero attached hydrogens (tertiary/aromatic N) is 1. The van der Waals surface area contributed by atoms with Crippen LogP contribution in [0.3, 0.4) is 0 Å². The molecule has 0 saturated carbocycles. The lowest BCUT2D eigenvalue weighted by Gasteiger charge is -2.41. The maximum absolute atomic E-state index is 2.49. The van der Waals surface area contributed by atoms with Crippen molar-refractivity contribution in [2.24, 2.45) is 5.41 Å². The van der Waals surface area contributed by atoms with Gasteiger partial charge in [0.1, 0.15) is 0 Å². The molecule has 1 heteroatoms. The molecular formula is C23H25N. The molecule has 3 aliphatic rings. The average molecular weight is 315 g/mol. The van der Waals surface area contributed by atoms with Gasteiger partial charge in [-0.1, -0.05) is 61.9 Å². The lowest BCUT2D eigenvalue weighted by atomic mass is 9.73. The number of hydrogen-bond acceptors (Lipinski definition) is 1. The highest BCUT2D eigenvalue weighted by atomic mass is 15.1. The van der Waals surface area contributed by atoms with E-state index in [1.807, 2.05) is 0 Å². The molecule has 1 aliphatic carbocycles. The highest BCUT2D eigenvalue weighted by molar-refractivity contribution is 5.80. The topological polar surface area (TPSA) is 3.24 Å². The third-order valence-corrected chi connectivity index (χ3v) is 5.29. The Morgan fingerprint density at radius 3 is 2.58 bits per heavy atom. The maximum Gasteiger partial charge on any atom is 0.0772 e. The molecule has 0 bridgehead atoms. The van der Waals surface area contributed by atoms with Crippen LogP contribution in [0.4, 0.5) is 0 Å². The van der Waals surface area contributed by atoms with Gasteiger partial charge in [-0.25, -0.2) is 0 Å². The third kappa shape index (κ3) is 2.49. The SMILES string of the molecule is CC1=CC2C3=CC(C)(C)CC(C)=C3C=CN2C=C1c1ccccc1. The molecule has 0 aromatic heterocycles. The van der Waals surface area contributed by atoms with Gasteiger partial charge >= 0.3 is 0 Å². The molecule has 2 aliphatic heterocycles. The summed E-state index contributed by atoms with van der Waals surface area (Å²) >= 11 is 0. The van der Waals surface area contributed by atoms with Gasteiger partial charge in [-0.05, 0) is 54.0 Å². The van der Waals surface area contributed by atoms with Crippen LogP contribution in [-0.2, 0) is 0 Å². The quantitative estimate of drug-likeness (QED) is 0.627. The van der Waals surface area contributed by atoms with E-state index in [1.54, 1.807) is 0 Å². The molecule has 0 amide bonds. The molecule has 0 N–H and O–H groups in total. The monoisotopic (exact) mass is 315 g/mol. The van der Waals surface area contributed by atoms with Crippen molar-refractivity contribution in [3.63, 3.8) is 0 Å². The molecule has 2 heterocycles. The van der Waals surface area contributed by atoms with Crippen molar-refractivity contribution in [3.05, 3.63) is 88.8 Å². The lowest BCUT2D eigenvalue weighted by molar-refractivity contribution is 0.420. The van der Waals surface area contributed by atoms with E-state index in [1.165, 1.54) is 33.4 Å². The second-order valence-corrected chi connectivity index (χ2v) is 7.93. The molecule has 1 nitrogen and oxygen atoms in total. The minimum absolute atomic E-state index is 0.241. The third-order valence-electron chi connectivity index (χ3n) is 5.29. The van der Waals surface area contributed by atoms with Gasteiger partial charge in [0.05, 0.1) is 6.04 Å². The van der Waals surface area contributed by atoms with Crippen LogP contribution < -0.4 is 0 Å². The van der Waals surface area contributed by atoms with Crippen molar-refractivity contribution in [3.8, 4) is 0 Å². The number of hydrogen-bond donors (Lipinski definition) is 0. The van der Waals surface area contributed by atoms with Gasteiger partial charge in [-0.15, -0.1) is 0 Å². The van der Waals surface area contributed by atoms with Gasteiger partial charge in [-0.2, -0.15) is 0 Å². The van der Waals surface area contributed by atoms with E-state index in [0.717, 1.165) is 6.42 Å². The molecule has 0 radical (unpaired) electrons. The molecule has 4 rings (SSSR count). The van der Waals surface area contributed by atoms with E-state index < -0.39 is 0 Å². The van der Waals surface area contributed by atoms with Gasteiger partial charge < -0.3 is 4.90 Å². The molecule has 0 saturated heterocycles. The number of benzene rings is 1. The van der Waals surface area contributed by atoms with Crippen molar-refractivity contribution >= 4 is 5.57 Å². The molecule has 122 valence electrons. The van der Waals surface area contributed by atoms with Crippen LogP contribution in [0.2, 0.25) is 0 Å². The Kier molecular flexibility index (Phi) is 3.42. The number of rotatable bonds is 1. The van der Waals surface area contributed by atoms with Crippen LogP contribution in [-0.4, -0.2) is 10.9 Å². The Labute approximate surface area is 145 Å². The summed E-state index contributed by atoms with van der Waals surface area (Å²) < 4.78 is 0. The summed E-state index contributed by atoms with van der Waals surface area (Å²) in [5, 5.41) is 0. The Morgan fingerprint density at radius 1 is 1.08 bits per heavy atom. The fraction of sp³-hybridized carbons (Fsp3) is 0.304. The summed E-state index contributed by atoms with van der Waals surface area (Å²) in [6, 6.07) is 11.0. The minimum Gasteiger partial charge on any atom is -0.343 e. The Balaban J connectivity index is 1.80. The zero-order valence-electron chi connectivity index (χ0n) is 15.0. The second kappa shape index (κ2) is 5.37. The van der Waals surface area contributed by atoms with Crippen LogP contribution in [0.25, 0.3) is 5.57 Å². The first-order valence-electron chi connectivity index (χ1n) is 8.79. The fourth-order valence-electron chi connectivity index (χ4n) is 4.27. The van der Waals surface area contributed by atoms with Crippen molar-refractivity contribution in [1.82, 2.24) is 4.90 Å². The molecule has 0 spiro atoms. The zero-order chi connectivity index (χ0) is 16.9. The normalized spacial score (nSPS) is 24.8. The van der Waals surface area contributed by atoms with E-state index in [-0.39, 0.29) is 5.41 Å². The Morgan fingerprint density at radius 2 is 1.83 bits per heavy atom. The van der Waals surface area contributed by atoms with E-state index >= 15 is 0 Å². The Bertz CT molecular complexity index is 828. The van der Waals surface area contributed by atoms with Gasteiger partial charge in [-0.3, -0.25) is 0 Å². The second-order valence-electron chi connectivity index (χ2n) is 7.93. The summed E-state index contributed by atoms with van der Waals surface area (Å²) in [7, 11) is 0. The van der Waals surface area contributed by atoms with Crippen molar-refractivity contribution in [1.29, 1.82) is 0 Å². The van der Waals surface area contributed by atoms with Gasteiger partial charge in [0.25, 0.3) is 0 Å². The smallest absolute Gasteiger partial charge is 0.0772 e. The molecule has 1 atom stereocenters. The molecular weight excluding hydrogens is 290 g/mol. The Hall–Kier alpha value is -2.28. The predicted octanol–water partition coefficient (Wildman–Crippen LogP) is 5.86. The lowest BCUT2D eigenvalue weighted by Crippen LogP contribution is -2.35. The summed E-state index contributed by atoms with van der Waals surface area (Å²) in [5.74, 6) is 0. The summed E-state index contributed by atoms with van der Waals surface area (Å²) in [4.78, 5) is 2.36. The summed E-state index contributed by atoms with van der Waals surface area (Å²) in [6.07, 6.45) is 12.9. The maximum atomic E-state index is 2.49. The summed E-state index contributed by atoms with van der Waals surface area (Å²) in [6.45, 7) is 9.20. The van der Waals surface area contributed by atoms with Gasteiger partial charge in [0.15, 0.2) is 0 Å². The first-order chi connectivity index (χ1) is 11.4. The first-order valence-corrected chi connectivity index (χ1v) is 8.79.